The number of carbonyl (C=O) groups is 1. The second-order valence-electron chi connectivity index (χ2n) is 3.82. The van der Waals surface area contributed by atoms with Crippen LogP contribution in [0, 0.1) is 5.92 Å². The summed E-state index contributed by atoms with van der Waals surface area (Å²) in [6.07, 6.45) is 2.87. The van der Waals surface area contributed by atoms with Gasteiger partial charge in [0.05, 0.1) is 12.6 Å². The molecule has 1 saturated heterocycles. The summed E-state index contributed by atoms with van der Waals surface area (Å²) in [6.45, 7) is 4.91. The molecule has 0 aliphatic carbocycles. The molecule has 76 valence electrons. The van der Waals surface area contributed by atoms with Gasteiger partial charge in [0.1, 0.15) is 0 Å². The van der Waals surface area contributed by atoms with Crippen LogP contribution >= 0.6 is 0 Å². The summed E-state index contributed by atoms with van der Waals surface area (Å²) in [5, 5.41) is 9.05. The molecule has 0 spiro atoms. The predicted octanol–water partition coefficient (Wildman–Crippen LogP) is 1.02. The number of aliphatic hydroxyl groups is 1. The molecular formula is C10H19NO2. The highest BCUT2D eigenvalue weighted by Gasteiger charge is 2.29. The van der Waals surface area contributed by atoms with E-state index in [2.05, 4.69) is 0 Å². The van der Waals surface area contributed by atoms with Crippen molar-refractivity contribution in [1.82, 2.24) is 4.90 Å². The van der Waals surface area contributed by atoms with E-state index in [0.29, 0.717) is 0 Å². The zero-order valence-corrected chi connectivity index (χ0v) is 8.49. The first-order valence-electron chi connectivity index (χ1n) is 5.12. The minimum Gasteiger partial charge on any atom is -0.394 e. The van der Waals surface area contributed by atoms with Crippen molar-refractivity contribution < 1.29 is 9.90 Å². The van der Waals surface area contributed by atoms with Crippen LogP contribution in [0.1, 0.15) is 33.1 Å². The van der Waals surface area contributed by atoms with Crippen molar-refractivity contribution in [3.8, 4) is 0 Å². The SMILES string of the molecule is CCC(C)C(=O)N1CCC[C@@H]1CO. The molecule has 2 atom stereocenters. The van der Waals surface area contributed by atoms with Gasteiger partial charge in [0.25, 0.3) is 0 Å². The van der Waals surface area contributed by atoms with E-state index in [1.807, 2.05) is 18.7 Å². The van der Waals surface area contributed by atoms with E-state index >= 15 is 0 Å². The number of amides is 1. The molecule has 3 nitrogen and oxygen atoms in total. The predicted molar refractivity (Wildman–Crippen MR) is 51.3 cm³/mol. The van der Waals surface area contributed by atoms with Crippen LogP contribution in [0.4, 0.5) is 0 Å². The van der Waals surface area contributed by atoms with Crippen LogP contribution in [0.15, 0.2) is 0 Å². The maximum atomic E-state index is 11.8. The van der Waals surface area contributed by atoms with Gasteiger partial charge in [-0.3, -0.25) is 4.79 Å². The van der Waals surface area contributed by atoms with E-state index in [4.69, 9.17) is 5.11 Å². The molecule has 1 aliphatic heterocycles. The van der Waals surface area contributed by atoms with Crippen LogP contribution in [-0.2, 0) is 4.79 Å². The molecule has 3 heteroatoms. The van der Waals surface area contributed by atoms with Crippen molar-refractivity contribution >= 4 is 5.91 Å². The molecule has 1 heterocycles. The summed E-state index contributed by atoms with van der Waals surface area (Å²) in [7, 11) is 0. The standard InChI is InChI=1S/C10H19NO2/c1-3-8(2)10(13)11-6-4-5-9(11)7-12/h8-9,12H,3-7H2,1-2H3/t8?,9-/m1/s1. The normalized spacial score (nSPS) is 24.8. The molecular weight excluding hydrogens is 166 g/mol. The van der Waals surface area contributed by atoms with Crippen molar-refractivity contribution in [2.24, 2.45) is 5.92 Å². The molecule has 0 bridgehead atoms. The zero-order valence-electron chi connectivity index (χ0n) is 8.49. The Labute approximate surface area is 79.7 Å². The first kappa shape index (κ1) is 10.5. The fourth-order valence-electron chi connectivity index (χ4n) is 1.77. The topological polar surface area (TPSA) is 40.5 Å². The average molecular weight is 185 g/mol. The van der Waals surface area contributed by atoms with Gasteiger partial charge in [0.2, 0.25) is 5.91 Å². The Morgan fingerprint density at radius 1 is 1.69 bits per heavy atom. The van der Waals surface area contributed by atoms with Gasteiger partial charge in [-0.05, 0) is 19.3 Å². The smallest absolute Gasteiger partial charge is 0.225 e. The molecule has 0 aromatic rings. The van der Waals surface area contributed by atoms with Crippen molar-refractivity contribution in [2.75, 3.05) is 13.2 Å². The van der Waals surface area contributed by atoms with Crippen LogP contribution in [0.25, 0.3) is 0 Å². The van der Waals surface area contributed by atoms with Crippen LogP contribution in [0.3, 0.4) is 0 Å². The summed E-state index contributed by atoms with van der Waals surface area (Å²) < 4.78 is 0. The Bertz CT molecular complexity index is 182. The van der Waals surface area contributed by atoms with Gasteiger partial charge in [-0.1, -0.05) is 13.8 Å². The van der Waals surface area contributed by atoms with Crippen LogP contribution in [0.2, 0.25) is 0 Å². The zero-order chi connectivity index (χ0) is 9.84. The molecule has 1 unspecified atom stereocenters. The molecule has 0 radical (unpaired) electrons. The number of likely N-dealkylation sites (tertiary alicyclic amines) is 1. The number of carbonyl (C=O) groups excluding carboxylic acids is 1. The van der Waals surface area contributed by atoms with Crippen molar-refractivity contribution in [3.05, 3.63) is 0 Å². The summed E-state index contributed by atoms with van der Waals surface area (Å²) >= 11 is 0. The quantitative estimate of drug-likeness (QED) is 0.713. The van der Waals surface area contributed by atoms with E-state index in [0.717, 1.165) is 25.8 Å². The van der Waals surface area contributed by atoms with Gasteiger partial charge in [-0.15, -0.1) is 0 Å². The largest absolute Gasteiger partial charge is 0.394 e. The molecule has 0 aromatic heterocycles. The summed E-state index contributed by atoms with van der Waals surface area (Å²) in [5.74, 6) is 0.311. The van der Waals surface area contributed by atoms with Crippen molar-refractivity contribution in [1.29, 1.82) is 0 Å². The lowest BCUT2D eigenvalue weighted by Crippen LogP contribution is -2.40. The van der Waals surface area contributed by atoms with Crippen molar-refractivity contribution in [2.45, 2.75) is 39.2 Å². The fourth-order valence-corrected chi connectivity index (χ4v) is 1.77. The molecule has 1 aliphatic rings. The summed E-state index contributed by atoms with van der Waals surface area (Å²) in [5.41, 5.74) is 0. The van der Waals surface area contributed by atoms with Gasteiger partial charge in [0.15, 0.2) is 0 Å². The molecule has 1 amide bonds. The maximum Gasteiger partial charge on any atom is 0.225 e. The number of rotatable bonds is 3. The Hall–Kier alpha value is -0.570. The molecule has 13 heavy (non-hydrogen) atoms. The highest BCUT2D eigenvalue weighted by Crippen LogP contribution is 2.20. The number of aliphatic hydroxyl groups excluding tert-OH is 1. The fraction of sp³-hybridized carbons (Fsp3) is 0.900. The molecule has 1 rings (SSSR count). The second-order valence-corrected chi connectivity index (χ2v) is 3.82. The highest BCUT2D eigenvalue weighted by molar-refractivity contribution is 5.79. The first-order valence-corrected chi connectivity index (χ1v) is 5.12. The third-order valence-corrected chi connectivity index (χ3v) is 2.90. The Morgan fingerprint density at radius 2 is 2.38 bits per heavy atom. The molecule has 1 N–H and O–H groups in total. The lowest BCUT2D eigenvalue weighted by molar-refractivity contribution is -0.136. The Morgan fingerprint density at radius 3 is 2.92 bits per heavy atom. The lowest BCUT2D eigenvalue weighted by Gasteiger charge is -2.25. The van der Waals surface area contributed by atoms with Gasteiger partial charge in [-0.2, -0.15) is 0 Å². The lowest BCUT2D eigenvalue weighted by atomic mass is 10.1. The molecule has 1 fully saturated rings. The minimum atomic E-state index is 0.0847. The third kappa shape index (κ3) is 2.21. The average Bonchev–Trinajstić information content (AvgIpc) is 2.62. The summed E-state index contributed by atoms with van der Waals surface area (Å²) in [4.78, 5) is 13.6. The molecule has 0 saturated carbocycles. The van der Waals surface area contributed by atoms with Gasteiger partial charge >= 0.3 is 0 Å². The Kier molecular flexibility index (Phi) is 3.72. The van der Waals surface area contributed by atoms with Gasteiger partial charge in [0, 0.05) is 12.5 Å². The van der Waals surface area contributed by atoms with Gasteiger partial charge < -0.3 is 10.0 Å². The van der Waals surface area contributed by atoms with E-state index in [1.165, 1.54) is 0 Å². The number of hydrogen-bond acceptors (Lipinski definition) is 2. The van der Waals surface area contributed by atoms with Gasteiger partial charge in [-0.25, -0.2) is 0 Å². The van der Waals surface area contributed by atoms with E-state index in [1.54, 1.807) is 0 Å². The third-order valence-electron chi connectivity index (χ3n) is 2.90. The number of nitrogens with zero attached hydrogens (tertiary/aromatic N) is 1. The van der Waals surface area contributed by atoms with Crippen LogP contribution in [0.5, 0.6) is 0 Å². The number of hydrogen-bond donors (Lipinski definition) is 1. The van der Waals surface area contributed by atoms with Crippen LogP contribution < -0.4 is 0 Å². The van der Waals surface area contributed by atoms with E-state index < -0.39 is 0 Å². The van der Waals surface area contributed by atoms with E-state index in [-0.39, 0.29) is 24.5 Å². The Balaban J connectivity index is 2.54. The second kappa shape index (κ2) is 4.61. The first-order chi connectivity index (χ1) is 6.20. The summed E-state index contributed by atoms with van der Waals surface area (Å²) in [6, 6.07) is 0.0847. The van der Waals surface area contributed by atoms with E-state index in [9.17, 15) is 4.79 Å². The molecule has 0 aromatic carbocycles. The van der Waals surface area contributed by atoms with Crippen molar-refractivity contribution in [3.63, 3.8) is 0 Å². The van der Waals surface area contributed by atoms with Crippen LogP contribution in [-0.4, -0.2) is 35.1 Å². The monoisotopic (exact) mass is 185 g/mol. The minimum absolute atomic E-state index is 0.0847. The maximum absolute atomic E-state index is 11.8. The highest BCUT2D eigenvalue weighted by atomic mass is 16.3.